The van der Waals surface area contributed by atoms with Gasteiger partial charge < -0.3 is 24.7 Å². The summed E-state index contributed by atoms with van der Waals surface area (Å²) in [5.74, 6) is 2.81. The van der Waals surface area contributed by atoms with Gasteiger partial charge in [0.2, 0.25) is 5.82 Å². The Morgan fingerprint density at radius 2 is 2.19 bits per heavy atom. The largest absolute Gasteiger partial charge is 0.461 e. The minimum atomic E-state index is 0.573. The minimum Gasteiger partial charge on any atom is -0.461 e. The maximum Gasteiger partial charge on any atom is 0.216 e. The predicted octanol–water partition coefficient (Wildman–Crippen LogP) is 0.741. The molecule has 0 spiro atoms. The molecule has 0 unspecified atom stereocenters. The highest BCUT2D eigenvalue weighted by molar-refractivity contribution is 5.79. The van der Waals surface area contributed by atoms with E-state index in [-0.39, 0.29) is 0 Å². The second-order valence-electron chi connectivity index (χ2n) is 5.91. The van der Waals surface area contributed by atoms with Gasteiger partial charge in [0.15, 0.2) is 11.7 Å². The lowest BCUT2D eigenvalue weighted by molar-refractivity contribution is 0.180. The summed E-state index contributed by atoms with van der Waals surface area (Å²) in [4.78, 5) is 10.9. The SMILES string of the molecule is CN=C(NCCc1nc(-c2ccco2)n[nH]1)NCCN(C)CCCOC. The van der Waals surface area contributed by atoms with Gasteiger partial charge in [0, 0.05) is 53.4 Å². The number of aromatic amines is 1. The summed E-state index contributed by atoms with van der Waals surface area (Å²) in [5, 5.41) is 13.7. The van der Waals surface area contributed by atoms with E-state index in [4.69, 9.17) is 9.15 Å². The van der Waals surface area contributed by atoms with Gasteiger partial charge in [0.1, 0.15) is 5.82 Å². The van der Waals surface area contributed by atoms with Gasteiger partial charge in [-0.1, -0.05) is 0 Å². The lowest BCUT2D eigenvalue weighted by Crippen LogP contribution is -2.41. The van der Waals surface area contributed by atoms with Crippen LogP contribution in [0.5, 0.6) is 0 Å². The first-order valence-corrected chi connectivity index (χ1v) is 8.80. The number of aliphatic imine (C=N–C) groups is 1. The average Bonchev–Trinajstić information content (AvgIpc) is 3.32. The highest BCUT2D eigenvalue weighted by Crippen LogP contribution is 2.14. The quantitative estimate of drug-likeness (QED) is 0.307. The number of nitrogens with one attached hydrogen (secondary N) is 3. The van der Waals surface area contributed by atoms with E-state index < -0.39 is 0 Å². The molecule has 0 aromatic carbocycles. The maximum atomic E-state index is 5.29. The summed E-state index contributed by atoms with van der Waals surface area (Å²) in [6.45, 7) is 4.29. The lowest BCUT2D eigenvalue weighted by atomic mass is 10.4. The van der Waals surface area contributed by atoms with Gasteiger partial charge in [0.25, 0.3) is 0 Å². The van der Waals surface area contributed by atoms with E-state index in [2.05, 4.69) is 42.8 Å². The molecular formula is C17H29N7O2. The zero-order chi connectivity index (χ0) is 18.6. The van der Waals surface area contributed by atoms with Crippen molar-refractivity contribution >= 4 is 5.96 Å². The third-order valence-corrected chi connectivity index (χ3v) is 3.83. The molecule has 3 N–H and O–H groups in total. The van der Waals surface area contributed by atoms with Crippen LogP contribution < -0.4 is 10.6 Å². The summed E-state index contributed by atoms with van der Waals surface area (Å²) < 4.78 is 10.4. The minimum absolute atomic E-state index is 0.573. The van der Waals surface area contributed by atoms with E-state index in [1.807, 2.05) is 12.1 Å². The van der Waals surface area contributed by atoms with Crippen molar-refractivity contribution < 1.29 is 9.15 Å². The molecule has 2 aromatic heterocycles. The topological polar surface area (TPSA) is 104 Å². The molecule has 0 saturated heterocycles. The summed E-state index contributed by atoms with van der Waals surface area (Å²) in [7, 11) is 5.60. The Labute approximate surface area is 154 Å². The number of hydrogen-bond acceptors (Lipinski definition) is 6. The van der Waals surface area contributed by atoms with Crippen LogP contribution in [-0.2, 0) is 11.2 Å². The number of hydrogen-bond donors (Lipinski definition) is 3. The summed E-state index contributed by atoms with van der Waals surface area (Å²) in [5.41, 5.74) is 0. The first-order valence-electron chi connectivity index (χ1n) is 8.80. The van der Waals surface area contributed by atoms with Crippen LogP contribution in [0.4, 0.5) is 0 Å². The molecule has 2 heterocycles. The maximum absolute atomic E-state index is 5.29. The predicted molar refractivity (Wildman–Crippen MR) is 101 cm³/mol. The zero-order valence-electron chi connectivity index (χ0n) is 15.8. The van der Waals surface area contributed by atoms with Crippen molar-refractivity contribution in [2.45, 2.75) is 12.8 Å². The molecule has 0 aliphatic rings. The standard InChI is InChI=1S/C17H29N7O2/c1-18-17(20-9-11-24(2)10-5-12-25-3)19-8-7-15-21-16(23-22-15)14-6-4-13-26-14/h4,6,13H,5,7-12H2,1-3H3,(H2,18,19,20)(H,21,22,23). The van der Waals surface area contributed by atoms with Crippen LogP contribution in [0.15, 0.2) is 27.8 Å². The van der Waals surface area contributed by atoms with Crippen LogP contribution in [0, 0.1) is 0 Å². The monoisotopic (exact) mass is 363 g/mol. The second-order valence-corrected chi connectivity index (χ2v) is 5.91. The average molecular weight is 363 g/mol. The van der Waals surface area contributed by atoms with E-state index in [1.165, 1.54) is 0 Å². The van der Waals surface area contributed by atoms with Gasteiger partial charge >= 0.3 is 0 Å². The number of nitrogens with zero attached hydrogens (tertiary/aromatic N) is 4. The Hall–Kier alpha value is -2.39. The molecule has 0 atom stereocenters. The van der Waals surface area contributed by atoms with Crippen LogP contribution in [0.1, 0.15) is 12.2 Å². The molecule has 26 heavy (non-hydrogen) atoms. The molecule has 0 saturated carbocycles. The fourth-order valence-electron chi connectivity index (χ4n) is 2.40. The van der Waals surface area contributed by atoms with Crippen molar-refractivity contribution in [3.05, 3.63) is 24.2 Å². The summed E-state index contributed by atoms with van der Waals surface area (Å²) in [6.07, 6.45) is 3.36. The molecular weight excluding hydrogens is 334 g/mol. The molecule has 2 aromatic rings. The molecule has 0 aliphatic carbocycles. The van der Waals surface area contributed by atoms with Crippen LogP contribution in [0.3, 0.4) is 0 Å². The summed E-state index contributed by atoms with van der Waals surface area (Å²) >= 11 is 0. The molecule has 0 aliphatic heterocycles. The molecule has 144 valence electrons. The fourth-order valence-corrected chi connectivity index (χ4v) is 2.40. The van der Waals surface area contributed by atoms with Gasteiger partial charge in [-0.15, -0.1) is 0 Å². The van der Waals surface area contributed by atoms with Crippen LogP contribution in [-0.4, -0.2) is 80.0 Å². The van der Waals surface area contributed by atoms with Gasteiger partial charge in [0.05, 0.1) is 6.26 Å². The van der Waals surface area contributed by atoms with Crippen molar-refractivity contribution in [1.82, 2.24) is 30.7 Å². The van der Waals surface area contributed by atoms with Crippen LogP contribution in [0.25, 0.3) is 11.6 Å². The zero-order valence-corrected chi connectivity index (χ0v) is 15.8. The fraction of sp³-hybridized carbons (Fsp3) is 0.588. The first kappa shape index (κ1) is 19.9. The van der Waals surface area contributed by atoms with E-state index in [0.29, 0.717) is 24.6 Å². The van der Waals surface area contributed by atoms with Crippen molar-refractivity contribution in [3.63, 3.8) is 0 Å². The Morgan fingerprint density at radius 3 is 2.92 bits per heavy atom. The highest BCUT2D eigenvalue weighted by Gasteiger charge is 2.08. The molecule has 9 nitrogen and oxygen atoms in total. The lowest BCUT2D eigenvalue weighted by Gasteiger charge is -2.18. The molecule has 0 fully saturated rings. The number of guanidine groups is 1. The second kappa shape index (κ2) is 11.3. The third kappa shape index (κ3) is 6.85. The van der Waals surface area contributed by atoms with Crippen molar-refractivity contribution in [2.75, 3.05) is 54.0 Å². The molecule has 0 amide bonds. The number of rotatable bonds is 11. The number of ether oxygens (including phenoxy) is 1. The number of likely N-dealkylation sites (N-methyl/N-ethyl adjacent to an activating group) is 1. The Balaban J connectivity index is 1.63. The van der Waals surface area contributed by atoms with E-state index in [0.717, 1.165) is 44.4 Å². The van der Waals surface area contributed by atoms with E-state index >= 15 is 0 Å². The van der Waals surface area contributed by atoms with Gasteiger partial charge in [-0.3, -0.25) is 10.1 Å². The first-order chi connectivity index (χ1) is 12.7. The van der Waals surface area contributed by atoms with Crippen molar-refractivity contribution in [1.29, 1.82) is 0 Å². The third-order valence-electron chi connectivity index (χ3n) is 3.83. The van der Waals surface area contributed by atoms with Gasteiger partial charge in [-0.05, 0) is 25.6 Å². The molecule has 0 radical (unpaired) electrons. The number of furan rings is 1. The van der Waals surface area contributed by atoms with Crippen molar-refractivity contribution in [3.8, 4) is 11.6 Å². The normalized spacial score (nSPS) is 11.9. The Morgan fingerprint density at radius 1 is 1.35 bits per heavy atom. The van der Waals surface area contributed by atoms with Crippen LogP contribution >= 0.6 is 0 Å². The van der Waals surface area contributed by atoms with E-state index in [9.17, 15) is 0 Å². The van der Waals surface area contributed by atoms with Crippen LogP contribution in [0.2, 0.25) is 0 Å². The number of H-pyrrole nitrogens is 1. The van der Waals surface area contributed by atoms with E-state index in [1.54, 1.807) is 20.4 Å². The number of methoxy groups -OCH3 is 1. The molecule has 9 heteroatoms. The van der Waals surface area contributed by atoms with Crippen molar-refractivity contribution in [2.24, 2.45) is 4.99 Å². The highest BCUT2D eigenvalue weighted by atomic mass is 16.5. The smallest absolute Gasteiger partial charge is 0.216 e. The number of aromatic nitrogens is 3. The van der Waals surface area contributed by atoms with Gasteiger partial charge in [-0.2, -0.15) is 5.10 Å². The Kier molecular flexibility index (Phi) is 8.64. The molecule has 2 rings (SSSR count). The Bertz CT molecular complexity index is 639. The summed E-state index contributed by atoms with van der Waals surface area (Å²) in [6, 6.07) is 3.65. The molecule has 0 bridgehead atoms. The van der Waals surface area contributed by atoms with Gasteiger partial charge in [-0.25, -0.2) is 4.98 Å².